The fourth-order valence-corrected chi connectivity index (χ4v) is 4.59. The summed E-state index contributed by atoms with van der Waals surface area (Å²) in [6, 6.07) is 12.4. The maximum absolute atomic E-state index is 12.7. The first-order chi connectivity index (χ1) is 15.3. The lowest BCUT2D eigenvalue weighted by atomic mass is 10.2. The number of nitrogens with zero attached hydrogens (tertiary/aromatic N) is 3. The van der Waals surface area contributed by atoms with Crippen LogP contribution in [0.4, 0.5) is 17.1 Å². The van der Waals surface area contributed by atoms with Crippen molar-refractivity contribution in [2.45, 2.75) is 0 Å². The Morgan fingerprint density at radius 3 is 2.31 bits per heavy atom. The number of benzene rings is 2. The molecule has 0 spiro atoms. The fourth-order valence-electron chi connectivity index (χ4n) is 3.74. The number of nitrogens with one attached hydrogen (secondary N) is 1. The Hall–Kier alpha value is -2.98. The quantitative estimate of drug-likeness (QED) is 0.700. The molecule has 2 aliphatic rings. The molecule has 32 heavy (non-hydrogen) atoms. The molecule has 10 heteroatoms. The lowest BCUT2D eigenvalue weighted by molar-refractivity contribution is -0.114. The highest BCUT2D eigenvalue weighted by atomic mass is 32.2. The number of likely N-dealkylation sites (N-methyl/N-ethyl adjacent to an activating group) is 1. The van der Waals surface area contributed by atoms with Crippen molar-refractivity contribution in [2.24, 2.45) is 0 Å². The molecule has 1 N–H and O–H groups in total. The number of ether oxygens (including phenoxy) is 2. The molecular formula is C22H28N4O5S. The van der Waals surface area contributed by atoms with Crippen molar-refractivity contribution >= 4 is 33.0 Å². The van der Waals surface area contributed by atoms with E-state index in [1.165, 1.54) is 0 Å². The number of carbonyl (C=O) groups excluding carboxylic acids is 1. The van der Waals surface area contributed by atoms with Crippen molar-refractivity contribution in [1.82, 2.24) is 4.90 Å². The van der Waals surface area contributed by atoms with E-state index in [1.54, 1.807) is 18.2 Å². The van der Waals surface area contributed by atoms with Crippen LogP contribution in [0.5, 0.6) is 11.5 Å². The van der Waals surface area contributed by atoms with Crippen LogP contribution in [0, 0.1) is 0 Å². The molecule has 4 rings (SSSR count). The summed E-state index contributed by atoms with van der Waals surface area (Å²) in [6.07, 6.45) is 1.07. The zero-order valence-corrected chi connectivity index (χ0v) is 19.1. The van der Waals surface area contributed by atoms with Crippen LogP contribution in [-0.4, -0.2) is 78.5 Å². The second-order valence-corrected chi connectivity index (χ2v) is 9.89. The van der Waals surface area contributed by atoms with E-state index in [2.05, 4.69) is 22.2 Å². The number of fused-ring (bicyclic) bond motifs is 1. The van der Waals surface area contributed by atoms with Crippen LogP contribution in [0.15, 0.2) is 42.5 Å². The third-order valence-electron chi connectivity index (χ3n) is 5.52. The molecule has 1 saturated heterocycles. The van der Waals surface area contributed by atoms with Gasteiger partial charge < -0.3 is 24.6 Å². The second-order valence-electron chi connectivity index (χ2n) is 7.98. The van der Waals surface area contributed by atoms with Gasteiger partial charge in [0.25, 0.3) is 0 Å². The predicted molar refractivity (Wildman–Crippen MR) is 124 cm³/mol. The first-order valence-corrected chi connectivity index (χ1v) is 12.4. The monoisotopic (exact) mass is 460 g/mol. The van der Waals surface area contributed by atoms with E-state index < -0.39 is 15.9 Å². The van der Waals surface area contributed by atoms with Crippen LogP contribution in [0.25, 0.3) is 0 Å². The summed E-state index contributed by atoms with van der Waals surface area (Å²) in [4.78, 5) is 17.3. The molecule has 1 fully saturated rings. The van der Waals surface area contributed by atoms with Gasteiger partial charge in [-0.1, -0.05) is 0 Å². The van der Waals surface area contributed by atoms with Gasteiger partial charge in [-0.3, -0.25) is 9.10 Å². The van der Waals surface area contributed by atoms with E-state index in [0.29, 0.717) is 36.1 Å². The Morgan fingerprint density at radius 2 is 1.66 bits per heavy atom. The first kappa shape index (κ1) is 22.2. The van der Waals surface area contributed by atoms with Crippen molar-refractivity contribution in [2.75, 3.05) is 73.8 Å². The first-order valence-electron chi connectivity index (χ1n) is 10.5. The van der Waals surface area contributed by atoms with Crippen LogP contribution >= 0.6 is 0 Å². The number of piperazine rings is 1. The lowest BCUT2D eigenvalue weighted by Crippen LogP contribution is -2.44. The van der Waals surface area contributed by atoms with Crippen LogP contribution in [0.1, 0.15) is 0 Å². The molecule has 0 aromatic heterocycles. The third-order valence-corrected chi connectivity index (χ3v) is 6.66. The van der Waals surface area contributed by atoms with Crippen molar-refractivity contribution in [3.8, 4) is 11.5 Å². The Balaban J connectivity index is 1.43. The Labute approximate surface area is 188 Å². The summed E-state index contributed by atoms with van der Waals surface area (Å²) < 4.78 is 36.9. The zero-order chi connectivity index (χ0) is 22.7. The maximum Gasteiger partial charge on any atom is 0.245 e. The SMILES string of the molecule is CN1CCN(c2ccc(NC(=O)CN(c3ccc4c(c3)OCCO4)S(C)(=O)=O)cc2)CC1. The van der Waals surface area contributed by atoms with Gasteiger partial charge in [0, 0.05) is 43.6 Å². The topological polar surface area (TPSA) is 91.4 Å². The van der Waals surface area contributed by atoms with Gasteiger partial charge in [-0.05, 0) is 43.4 Å². The van der Waals surface area contributed by atoms with Gasteiger partial charge in [-0.2, -0.15) is 0 Å². The molecule has 0 aliphatic carbocycles. The van der Waals surface area contributed by atoms with Gasteiger partial charge in [-0.15, -0.1) is 0 Å². The average molecular weight is 461 g/mol. The largest absolute Gasteiger partial charge is 0.486 e. The minimum Gasteiger partial charge on any atom is -0.486 e. The summed E-state index contributed by atoms with van der Waals surface area (Å²) in [5.41, 5.74) is 2.06. The summed E-state index contributed by atoms with van der Waals surface area (Å²) in [7, 11) is -1.58. The van der Waals surface area contributed by atoms with E-state index in [9.17, 15) is 13.2 Å². The maximum atomic E-state index is 12.7. The predicted octanol–water partition coefficient (Wildman–Crippen LogP) is 1.61. The Kier molecular flexibility index (Phi) is 6.43. The van der Waals surface area contributed by atoms with Crippen molar-refractivity contribution in [3.05, 3.63) is 42.5 Å². The van der Waals surface area contributed by atoms with E-state index >= 15 is 0 Å². The molecule has 0 atom stereocenters. The van der Waals surface area contributed by atoms with Gasteiger partial charge in [0.05, 0.1) is 11.9 Å². The van der Waals surface area contributed by atoms with Gasteiger partial charge in [0.2, 0.25) is 15.9 Å². The number of hydrogen-bond donors (Lipinski definition) is 1. The number of rotatable bonds is 6. The highest BCUT2D eigenvalue weighted by Crippen LogP contribution is 2.34. The minimum atomic E-state index is -3.69. The van der Waals surface area contributed by atoms with E-state index in [4.69, 9.17) is 9.47 Å². The normalized spacial score (nSPS) is 16.5. The summed E-state index contributed by atoms with van der Waals surface area (Å²) in [5.74, 6) is 0.582. The van der Waals surface area contributed by atoms with Crippen molar-refractivity contribution < 1.29 is 22.7 Å². The van der Waals surface area contributed by atoms with Crippen LogP contribution in [0.2, 0.25) is 0 Å². The van der Waals surface area contributed by atoms with Gasteiger partial charge in [0.15, 0.2) is 11.5 Å². The molecule has 0 saturated carbocycles. The number of sulfonamides is 1. The average Bonchev–Trinajstić information content (AvgIpc) is 2.77. The molecule has 172 valence electrons. The minimum absolute atomic E-state index is 0.345. The van der Waals surface area contributed by atoms with E-state index in [1.807, 2.05) is 24.3 Å². The second kappa shape index (κ2) is 9.25. The summed E-state index contributed by atoms with van der Waals surface area (Å²) in [5, 5.41) is 2.79. The smallest absolute Gasteiger partial charge is 0.245 e. The van der Waals surface area contributed by atoms with Gasteiger partial charge >= 0.3 is 0 Å². The van der Waals surface area contributed by atoms with Crippen molar-refractivity contribution in [1.29, 1.82) is 0 Å². The van der Waals surface area contributed by atoms with Gasteiger partial charge in [-0.25, -0.2) is 8.42 Å². The molecule has 2 heterocycles. The molecule has 2 aromatic carbocycles. The molecule has 0 unspecified atom stereocenters. The summed E-state index contributed by atoms with van der Waals surface area (Å²) in [6.45, 7) is 4.43. The van der Waals surface area contributed by atoms with E-state index in [0.717, 1.165) is 42.4 Å². The molecule has 0 radical (unpaired) electrons. The van der Waals surface area contributed by atoms with Gasteiger partial charge in [0.1, 0.15) is 19.8 Å². The standard InChI is InChI=1S/C22H28N4O5S/c1-24-9-11-25(12-10-24)18-5-3-17(4-6-18)23-22(27)16-26(32(2,28)29)19-7-8-20-21(15-19)31-14-13-30-20/h3-8,15H,9-14,16H2,1-2H3,(H,23,27). The molecule has 2 aliphatic heterocycles. The summed E-state index contributed by atoms with van der Waals surface area (Å²) >= 11 is 0. The van der Waals surface area contributed by atoms with E-state index in [-0.39, 0.29) is 6.54 Å². The third kappa shape index (κ3) is 5.25. The van der Waals surface area contributed by atoms with Crippen LogP contribution in [-0.2, 0) is 14.8 Å². The van der Waals surface area contributed by atoms with Crippen molar-refractivity contribution in [3.63, 3.8) is 0 Å². The molecule has 0 bridgehead atoms. The Morgan fingerprint density at radius 1 is 1.00 bits per heavy atom. The number of anilines is 3. The fraction of sp³-hybridized carbons (Fsp3) is 0.409. The molecule has 1 amide bonds. The van der Waals surface area contributed by atoms with Crippen LogP contribution < -0.4 is 24.0 Å². The highest BCUT2D eigenvalue weighted by molar-refractivity contribution is 7.92. The molecular weight excluding hydrogens is 432 g/mol. The number of amides is 1. The molecule has 9 nitrogen and oxygen atoms in total. The number of hydrogen-bond acceptors (Lipinski definition) is 7. The van der Waals surface area contributed by atoms with Crippen LogP contribution in [0.3, 0.4) is 0 Å². The molecule has 2 aromatic rings. The lowest BCUT2D eigenvalue weighted by Gasteiger charge is -2.34. The zero-order valence-electron chi connectivity index (χ0n) is 18.3. The number of carbonyl (C=O) groups is 1. The Bertz CT molecular complexity index is 1070. The highest BCUT2D eigenvalue weighted by Gasteiger charge is 2.23.